The van der Waals surface area contributed by atoms with E-state index in [1.54, 1.807) is 18.6 Å². The van der Waals surface area contributed by atoms with E-state index in [9.17, 15) is 19.5 Å². The molecule has 1 aliphatic heterocycles. The Morgan fingerprint density at radius 3 is 2.37 bits per heavy atom. The third-order valence-electron chi connectivity index (χ3n) is 8.49. The molecule has 2 amide bonds. The van der Waals surface area contributed by atoms with Gasteiger partial charge in [-0.25, -0.2) is 4.98 Å². The lowest BCUT2D eigenvalue weighted by molar-refractivity contribution is -0.126. The van der Waals surface area contributed by atoms with Gasteiger partial charge in [-0.2, -0.15) is 4.98 Å². The third-order valence-corrected chi connectivity index (χ3v) is 8.49. The first kappa shape index (κ1) is 33.5. The fourth-order valence-electron chi connectivity index (χ4n) is 6.10. The van der Waals surface area contributed by atoms with Gasteiger partial charge < -0.3 is 24.6 Å². The summed E-state index contributed by atoms with van der Waals surface area (Å²) in [5, 5.41) is 14.8. The summed E-state index contributed by atoms with van der Waals surface area (Å²) in [7, 11) is 1.62. The van der Waals surface area contributed by atoms with E-state index in [2.05, 4.69) is 25.6 Å². The molecule has 1 unspecified atom stereocenters. The molecule has 49 heavy (non-hydrogen) atoms. The second-order valence-corrected chi connectivity index (χ2v) is 11.6. The minimum atomic E-state index is -1.03. The van der Waals surface area contributed by atoms with E-state index in [4.69, 9.17) is 14.2 Å². The Balaban J connectivity index is 1.27. The molecule has 13 nitrogen and oxygen atoms in total. The van der Waals surface area contributed by atoms with Gasteiger partial charge in [-0.15, -0.1) is 0 Å². The number of anilines is 1. The molecule has 0 radical (unpaired) electrons. The molecular weight excluding hydrogens is 628 g/mol. The minimum absolute atomic E-state index is 0.0764. The number of hydrogen-bond acceptors (Lipinski definition) is 9. The Labute approximate surface area is 282 Å². The van der Waals surface area contributed by atoms with Crippen LogP contribution in [0.4, 0.5) is 5.95 Å². The number of rotatable bonds is 13. The number of amides is 2. The first-order chi connectivity index (χ1) is 23.8. The normalized spacial score (nSPS) is 17.0. The van der Waals surface area contributed by atoms with Crippen molar-refractivity contribution in [2.75, 3.05) is 25.6 Å². The topological polar surface area (TPSA) is 170 Å². The summed E-state index contributed by atoms with van der Waals surface area (Å²) >= 11 is 0. The number of aromatic nitrogens is 4. The number of carbonyl (C=O) groups excluding carboxylic acids is 2. The number of methoxy groups -OCH3 is 1. The monoisotopic (exact) mass is 666 g/mol. The number of imidazole rings is 1. The summed E-state index contributed by atoms with van der Waals surface area (Å²) in [5.74, 6) is -0.427. The van der Waals surface area contributed by atoms with E-state index >= 15 is 0 Å². The molecule has 13 heteroatoms. The van der Waals surface area contributed by atoms with Crippen LogP contribution in [0.1, 0.15) is 54.7 Å². The van der Waals surface area contributed by atoms with Crippen LogP contribution in [0.3, 0.4) is 0 Å². The van der Waals surface area contributed by atoms with Crippen molar-refractivity contribution in [3.05, 3.63) is 118 Å². The van der Waals surface area contributed by atoms with E-state index in [1.807, 2.05) is 78.9 Å². The molecule has 6 rings (SSSR count). The van der Waals surface area contributed by atoms with Gasteiger partial charge in [0.15, 0.2) is 11.2 Å². The number of fused-ring (bicyclic) bond motifs is 1. The van der Waals surface area contributed by atoms with E-state index in [-0.39, 0.29) is 36.4 Å². The van der Waals surface area contributed by atoms with Gasteiger partial charge in [-0.3, -0.25) is 29.3 Å². The fraction of sp³-hybridized carbons (Fsp3) is 0.306. The van der Waals surface area contributed by atoms with Crippen LogP contribution in [0.25, 0.3) is 11.2 Å². The Kier molecular flexibility index (Phi) is 10.1. The highest BCUT2D eigenvalue weighted by molar-refractivity contribution is 6.03. The predicted molar refractivity (Wildman–Crippen MR) is 181 cm³/mol. The van der Waals surface area contributed by atoms with Crippen LogP contribution in [0.2, 0.25) is 0 Å². The molecule has 3 atom stereocenters. The second kappa shape index (κ2) is 14.8. The first-order valence-electron chi connectivity index (χ1n) is 16.1. The summed E-state index contributed by atoms with van der Waals surface area (Å²) in [6, 6.07) is 25.4. The molecule has 0 spiro atoms. The summed E-state index contributed by atoms with van der Waals surface area (Å²) in [5.41, 5.74) is 2.24. The van der Waals surface area contributed by atoms with Gasteiger partial charge in [0.2, 0.25) is 17.8 Å². The van der Waals surface area contributed by atoms with Crippen LogP contribution in [-0.2, 0) is 31.3 Å². The summed E-state index contributed by atoms with van der Waals surface area (Å²) in [6.07, 6.45) is 1.52. The standard InChI is InChI=1S/C36H38N6O7/c1-3-37-29(44)19-30(45)39-35-40-33-32(34(46)41-35)38-22-42(33)31-18-17-28(49-31)21-48-36(24-7-5-4-6-8-24,25-11-9-23(20-43)10-12-25)26-13-15-27(47-2)16-14-26/h4-16,22,28,31,43H,3,17-21H2,1-2H3,(H,37,44)(H2,39,40,41,45,46)/t28-,31+,36?/m0/s1. The highest BCUT2D eigenvalue weighted by Gasteiger charge is 2.40. The number of H-pyrrole nitrogens is 1. The van der Waals surface area contributed by atoms with Crippen LogP contribution < -0.4 is 20.9 Å². The molecule has 2 aromatic heterocycles. The number of hydrogen-bond donors (Lipinski definition) is 4. The van der Waals surface area contributed by atoms with Crippen molar-refractivity contribution in [2.45, 2.75) is 50.7 Å². The number of nitrogens with one attached hydrogen (secondary N) is 3. The highest BCUT2D eigenvalue weighted by Crippen LogP contribution is 2.42. The maximum absolute atomic E-state index is 12.8. The third kappa shape index (κ3) is 7.09. The van der Waals surface area contributed by atoms with Gasteiger partial charge in [0, 0.05) is 6.54 Å². The Morgan fingerprint density at radius 2 is 1.69 bits per heavy atom. The summed E-state index contributed by atoms with van der Waals surface area (Å²) in [4.78, 5) is 48.2. The lowest BCUT2D eigenvalue weighted by atomic mass is 9.79. The number of aliphatic hydroxyl groups excluding tert-OH is 1. The predicted octanol–water partition coefficient (Wildman–Crippen LogP) is 3.77. The lowest BCUT2D eigenvalue weighted by Crippen LogP contribution is -2.35. The Morgan fingerprint density at radius 1 is 1.00 bits per heavy atom. The van der Waals surface area contributed by atoms with Gasteiger partial charge in [0.05, 0.1) is 32.8 Å². The zero-order chi connectivity index (χ0) is 34.4. The smallest absolute Gasteiger partial charge is 0.280 e. The van der Waals surface area contributed by atoms with Crippen LogP contribution >= 0.6 is 0 Å². The van der Waals surface area contributed by atoms with Crippen molar-refractivity contribution in [3.63, 3.8) is 0 Å². The van der Waals surface area contributed by atoms with Crippen molar-refractivity contribution in [1.82, 2.24) is 24.8 Å². The maximum Gasteiger partial charge on any atom is 0.280 e. The average molecular weight is 667 g/mol. The SMILES string of the molecule is CCNC(=O)CC(=O)Nc1nc2c(ncn2[C@H]2CC[C@@H](COC(c3ccccc3)(c3ccc(CO)cc3)c3ccc(OC)cc3)O2)c(=O)[nH]1. The number of benzene rings is 3. The molecule has 1 saturated heterocycles. The van der Waals surface area contributed by atoms with Gasteiger partial charge in [0.1, 0.15) is 24.0 Å². The van der Waals surface area contributed by atoms with Crippen LogP contribution in [0, 0.1) is 0 Å². The summed E-state index contributed by atoms with van der Waals surface area (Å²) in [6.45, 7) is 2.30. The van der Waals surface area contributed by atoms with Gasteiger partial charge >= 0.3 is 0 Å². The van der Waals surface area contributed by atoms with Crippen LogP contribution in [0.15, 0.2) is 90.0 Å². The molecule has 1 fully saturated rings. The average Bonchev–Trinajstić information content (AvgIpc) is 3.77. The first-order valence-corrected chi connectivity index (χ1v) is 16.1. The van der Waals surface area contributed by atoms with Crippen molar-refractivity contribution in [1.29, 1.82) is 0 Å². The van der Waals surface area contributed by atoms with Crippen molar-refractivity contribution < 1.29 is 28.9 Å². The molecule has 0 bridgehead atoms. The molecule has 254 valence electrons. The van der Waals surface area contributed by atoms with E-state index in [0.29, 0.717) is 25.1 Å². The molecule has 5 aromatic rings. The number of ether oxygens (including phenoxy) is 3. The molecule has 3 aromatic carbocycles. The summed E-state index contributed by atoms with van der Waals surface area (Å²) < 4.78 is 20.6. The maximum atomic E-state index is 12.8. The van der Waals surface area contributed by atoms with Crippen LogP contribution in [-0.4, -0.2) is 62.8 Å². The van der Waals surface area contributed by atoms with E-state index < -0.39 is 35.6 Å². The number of aromatic amines is 1. The highest BCUT2D eigenvalue weighted by atomic mass is 16.6. The largest absolute Gasteiger partial charge is 0.497 e. The number of aliphatic hydroxyl groups is 1. The van der Waals surface area contributed by atoms with E-state index in [1.165, 1.54) is 6.33 Å². The number of carbonyl (C=O) groups is 2. The Hall–Kier alpha value is -5.37. The van der Waals surface area contributed by atoms with Crippen molar-refractivity contribution in [2.24, 2.45) is 0 Å². The molecule has 4 N–H and O–H groups in total. The molecule has 0 saturated carbocycles. The zero-order valence-electron chi connectivity index (χ0n) is 27.2. The fourth-order valence-corrected chi connectivity index (χ4v) is 6.10. The lowest BCUT2D eigenvalue weighted by Gasteiger charge is -2.37. The quantitative estimate of drug-likeness (QED) is 0.108. The van der Waals surface area contributed by atoms with Gasteiger partial charge in [0.25, 0.3) is 5.56 Å². The van der Waals surface area contributed by atoms with Crippen molar-refractivity contribution in [3.8, 4) is 5.75 Å². The van der Waals surface area contributed by atoms with Crippen LogP contribution in [0.5, 0.6) is 5.75 Å². The molecule has 1 aliphatic rings. The molecule has 0 aliphatic carbocycles. The van der Waals surface area contributed by atoms with Gasteiger partial charge in [-0.1, -0.05) is 66.7 Å². The van der Waals surface area contributed by atoms with E-state index in [0.717, 1.165) is 22.3 Å². The minimum Gasteiger partial charge on any atom is -0.497 e. The Bertz CT molecular complexity index is 1910. The van der Waals surface area contributed by atoms with Crippen molar-refractivity contribution >= 4 is 28.9 Å². The second-order valence-electron chi connectivity index (χ2n) is 11.6. The van der Waals surface area contributed by atoms with Gasteiger partial charge in [-0.05, 0) is 54.2 Å². The number of nitrogens with zero attached hydrogens (tertiary/aromatic N) is 3. The zero-order valence-corrected chi connectivity index (χ0v) is 27.2. The molecule has 3 heterocycles. The molecular formula is C36H38N6O7.